The number of nitriles is 1. The Morgan fingerprint density at radius 3 is 2.87 bits per heavy atom. The summed E-state index contributed by atoms with van der Waals surface area (Å²) in [5, 5.41) is 17.9. The van der Waals surface area contributed by atoms with Gasteiger partial charge < -0.3 is 10.8 Å². The van der Waals surface area contributed by atoms with Crippen molar-refractivity contribution in [1.82, 2.24) is 4.98 Å². The monoisotopic (exact) mass is 203 g/mol. The lowest BCUT2D eigenvalue weighted by Crippen LogP contribution is -2.10. The van der Waals surface area contributed by atoms with Crippen LogP contribution in [-0.4, -0.2) is 16.1 Å². The minimum Gasteiger partial charge on any atom is -0.478 e. The molecule has 1 heterocycles. The summed E-state index contributed by atoms with van der Waals surface area (Å²) in [5.74, 6) is -1.07. The number of aromatic nitrogens is 1. The van der Waals surface area contributed by atoms with Gasteiger partial charge in [-0.25, -0.2) is 9.78 Å². The van der Waals surface area contributed by atoms with Crippen molar-refractivity contribution in [3.63, 3.8) is 0 Å². The molecule has 0 atom stereocenters. The van der Waals surface area contributed by atoms with Crippen molar-refractivity contribution in [2.75, 3.05) is 5.73 Å². The fourth-order valence-corrected chi connectivity index (χ4v) is 1.95. The summed E-state index contributed by atoms with van der Waals surface area (Å²) in [6.45, 7) is 0. The van der Waals surface area contributed by atoms with Gasteiger partial charge in [-0.1, -0.05) is 0 Å². The van der Waals surface area contributed by atoms with Crippen LogP contribution in [0.4, 0.5) is 5.82 Å². The van der Waals surface area contributed by atoms with Crippen LogP contribution in [0, 0.1) is 11.3 Å². The molecule has 5 heteroatoms. The van der Waals surface area contributed by atoms with Crippen molar-refractivity contribution < 1.29 is 9.90 Å². The molecule has 0 spiro atoms. The van der Waals surface area contributed by atoms with Crippen LogP contribution in [0.3, 0.4) is 0 Å². The minimum absolute atomic E-state index is 0.0110. The average molecular weight is 203 g/mol. The maximum Gasteiger partial charge on any atom is 0.337 e. The van der Waals surface area contributed by atoms with Gasteiger partial charge in [0.1, 0.15) is 17.5 Å². The molecule has 0 saturated carbocycles. The Balaban J connectivity index is 2.78. The Morgan fingerprint density at radius 2 is 2.27 bits per heavy atom. The van der Waals surface area contributed by atoms with Crippen LogP contribution in [-0.2, 0) is 12.8 Å². The minimum atomic E-state index is -1.10. The molecule has 0 amide bonds. The normalized spacial score (nSPS) is 13.3. The first-order valence-corrected chi connectivity index (χ1v) is 4.59. The second-order valence-corrected chi connectivity index (χ2v) is 3.44. The van der Waals surface area contributed by atoms with Crippen LogP contribution in [0.15, 0.2) is 0 Å². The number of aryl methyl sites for hydroxylation is 1. The number of nitrogen functional groups attached to an aromatic ring is 1. The van der Waals surface area contributed by atoms with Crippen LogP contribution in [0.25, 0.3) is 0 Å². The molecule has 0 aliphatic heterocycles. The van der Waals surface area contributed by atoms with E-state index in [0.717, 1.165) is 18.5 Å². The van der Waals surface area contributed by atoms with Crippen LogP contribution < -0.4 is 5.73 Å². The number of carboxylic acid groups (broad SMARTS) is 1. The number of pyridine rings is 1. The van der Waals surface area contributed by atoms with Crippen molar-refractivity contribution in [3.05, 3.63) is 22.4 Å². The predicted octanol–water partition coefficient (Wildman–Crippen LogP) is 0.722. The molecule has 2 rings (SSSR count). The van der Waals surface area contributed by atoms with Gasteiger partial charge in [-0.05, 0) is 24.8 Å². The number of nitrogens with two attached hydrogens (primary N) is 1. The lowest BCUT2D eigenvalue weighted by Gasteiger charge is -2.07. The average Bonchev–Trinajstić information content (AvgIpc) is 2.62. The molecule has 0 radical (unpaired) electrons. The van der Waals surface area contributed by atoms with E-state index in [2.05, 4.69) is 4.98 Å². The molecule has 15 heavy (non-hydrogen) atoms. The summed E-state index contributed by atoms with van der Waals surface area (Å²) >= 11 is 0. The van der Waals surface area contributed by atoms with Gasteiger partial charge in [0, 0.05) is 5.69 Å². The summed E-state index contributed by atoms with van der Waals surface area (Å²) in [6.07, 6.45) is 2.28. The Hall–Kier alpha value is -2.09. The fraction of sp³-hybridized carbons (Fsp3) is 0.300. The Labute approximate surface area is 86.2 Å². The molecular weight excluding hydrogens is 194 g/mol. The maximum atomic E-state index is 11.1. The number of anilines is 1. The van der Waals surface area contributed by atoms with Gasteiger partial charge in [-0.3, -0.25) is 0 Å². The van der Waals surface area contributed by atoms with E-state index >= 15 is 0 Å². The van der Waals surface area contributed by atoms with Crippen molar-refractivity contribution in [2.24, 2.45) is 0 Å². The van der Waals surface area contributed by atoms with Gasteiger partial charge in [-0.2, -0.15) is 5.26 Å². The Kier molecular flexibility index (Phi) is 2.05. The lowest BCUT2D eigenvalue weighted by atomic mass is 10.0. The van der Waals surface area contributed by atoms with Gasteiger partial charge in [0.25, 0.3) is 0 Å². The molecule has 1 aromatic rings. The number of rotatable bonds is 1. The van der Waals surface area contributed by atoms with E-state index in [0.29, 0.717) is 12.0 Å². The Bertz CT molecular complexity index is 488. The third kappa shape index (κ3) is 1.31. The van der Waals surface area contributed by atoms with Crippen LogP contribution in [0.1, 0.15) is 33.6 Å². The first kappa shape index (κ1) is 9.46. The second kappa shape index (κ2) is 3.24. The molecule has 0 unspecified atom stereocenters. The van der Waals surface area contributed by atoms with Crippen molar-refractivity contribution in [1.29, 1.82) is 5.26 Å². The van der Waals surface area contributed by atoms with Gasteiger partial charge in [0.2, 0.25) is 0 Å². The molecule has 0 saturated heterocycles. The lowest BCUT2D eigenvalue weighted by molar-refractivity contribution is 0.0695. The van der Waals surface area contributed by atoms with Gasteiger partial charge in [0.15, 0.2) is 0 Å². The van der Waals surface area contributed by atoms with E-state index in [1.54, 1.807) is 6.07 Å². The highest BCUT2D eigenvalue weighted by Gasteiger charge is 2.25. The zero-order chi connectivity index (χ0) is 11.0. The summed E-state index contributed by atoms with van der Waals surface area (Å²) in [7, 11) is 0. The highest BCUT2D eigenvalue weighted by atomic mass is 16.4. The first-order chi connectivity index (χ1) is 7.15. The highest BCUT2D eigenvalue weighted by Crippen LogP contribution is 2.28. The third-order valence-electron chi connectivity index (χ3n) is 2.58. The zero-order valence-corrected chi connectivity index (χ0v) is 7.95. The standard InChI is InChI=1S/C10H9N3O2/c11-4-6-8(10(14)15)5-2-1-3-7(5)13-9(6)12/h1-3H2,(H2,12,13)(H,14,15). The second-order valence-electron chi connectivity index (χ2n) is 3.44. The number of carboxylic acids is 1. The fourth-order valence-electron chi connectivity index (χ4n) is 1.95. The smallest absolute Gasteiger partial charge is 0.337 e. The molecule has 1 aliphatic carbocycles. The summed E-state index contributed by atoms with van der Waals surface area (Å²) in [4.78, 5) is 15.1. The molecule has 3 N–H and O–H groups in total. The first-order valence-electron chi connectivity index (χ1n) is 4.59. The van der Waals surface area contributed by atoms with Crippen LogP contribution >= 0.6 is 0 Å². The van der Waals surface area contributed by atoms with Gasteiger partial charge >= 0.3 is 5.97 Å². The predicted molar refractivity (Wildman–Crippen MR) is 52.3 cm³/mol. The van der Waals surface area contributed by atoms with Crippen LogP contribution in [0.5, 0.6) is 0 Å². The van der Waals surface area contributed by atoms with Gasteiger partial charge in [-0.15, -0.1) is 0 Å². The van der Waals surface area contributed by atoms with Crippen molar-refractivity contribution >= 4 is 11.8 Å². The van der Waals surface area contributed by atoms with E-state index in [9.17, 15) is 4.79 Å². The number of fused-ring (bicyclic) bond motifs is 1. The maximum absolute atomic E-state index is 11.1. The third-order valence-corrected chi connectivity index (χ3v) is 2.58. The molecule has 0 fully saturated rings. The molecule has 1 aliphatic rings. The Morgan fingerprint density at radius 1 is 1.53 bits per heavy atom. The molecule has 0 aromatic carbocycles. The van der Waals surface area contributed by atoms with E-state index in [1.807, 2.05) is 0 Å². The number of hydrogen-bond donors (Lipinski definition) is 2. The largest absolute Gasteiger partial charge is 0.478 e. The number of hydrogen-bond acceptors (Lipinski definition) is 4. The number of nitrogens with zero attached hydrogens (tertiary/aromatic N) is 2. The van der Waals surface area contributed by atoms with Gasteiger partial charge in [0.05, 0.1) is 5.56 Å². The SMILES string of the molecule is N#Cc1c(N)nc2c(c1C(=O)O)CCC2. The molecular formula is C10H9N3O2. The van der Waals surface area contributed by atoms with Crippen LogP contribution in [0.2, 0.25) is 0 Å². The summed E-state index contributed by atoms with van der Waals surface area (Å²) < 4.78 is 0. The molecule has 0 bridgehead atoms. The summed E-state index contributed by atoms with van der Waals surface area (Å²) in [5.41, 5.74) is 6.97. The molecule has 76 valence electrons. The van der Waals surface area contributed by atoms with Crippen molar-refractivity contribution in [3.8, 4) is 6.07 Å². The van der Waals surface area contributed by atoms with E-state index in [1.165, 1.54) is 0 Å². The summed E-state index contributed by atoms with van der Waals surface area (Å²) in [6, 6.07) is 1.81. The van der Waals surface area contributed by atoms with E-state index in [-0.39, 0.29) is 16.9 Å². The van der Waals surface area contributed by atoms with E-state index in [4.69, 9.17) is 16.1 Å². The quantitative estimate of drug-likeness (QED) is 0.700. The number of aromatic carboxylic acids is 1. The van der Waals surface area contributed by atoms with Crippen molar-refractivity contribution in [2.45, 2.75) is 19.3 Å². The highest BCUT2D eigenvalue weighted by molar-refractivity contribution is 5.94. The number of carbonyl (C=O) groups is 1. The zero-order valence-electron chi connectivity index (χ0n) is 7.95. The topological polar surface area (TPSA) is 100 Å². The molecule has 5 nitrogen and oxygen atoms in total. The molecule has 1 aromatic heterocycles. The van der Waals surface area contributed by atoms with E-state index < -0.39 is 5.97 Å².